The maximum Gasteiger partial charge on any atom is 0.317 e. The van der Waals surface area contributed by atoms with Gasteiger partial charge in [0.1, 0.15) is 0 Å². The molecule has 0 aromatic carbocycles. The molecule has 4 heteroatoms. The maximum absolute atomic E-state index is 12.0. The van der Waals surface area contributed by atoms with E-state index in [1.165, 1.54) is 5.70 Å². The van der Waals surface area contributed by atoms with Gasteiger partial charge in [-0.25, -0.2) is 4.79 Å². The van der Waals surface area contributed by atoms with Gasteiger partial charge in [-0.2, -0.15) is 0 Å². The fraction of sp³-hybridized carbons (Fsp3) is 0.526. The van der Waals surface area contributed by atoms with E-state index < -0.39 is 0 Å². The molecule has 4 nitrogen and oxygen atoms in total. The van der Waals surface area contributed by atoms with E-state index in [1.54, 1.807) is 0 Å². The lowest BCUT2D eigenvalue weighted by Gasteiger charge is -2.37. The monoisotopic (exact) mass is 313 g/mol. The zero-order chi connectivity index (χ0) is 16.5. The van der Waals surface area contributed by atoms with Crippen LogP contribution in [0.5, 0.6) is 0 Å². The first-order valence-corrected chi connectivity index (χ1v) is 8.58. The van der Waals surface area contributed by atoms with Gasteiger partial charge in [0.05, 0.1) is 0 Å². The second kappa shape index (κ2) is 9.09. The van der Waals surface area contributed by atoms with Gasteiger partial charge >= 0.3 is 6.03 Å². The highest BCUT2D eigenvalue weighted by Crippen LogP contribution is 2.17. The summed E-state index contributed by atoms with van der Waals surface area (Å²) in [4.78, 5) is 16.3. The van der Waals surface area contributed by atoms with Crippen LogP contribution >= 0.6 is 0 Å². The molecule has 124 valence electrons. The van der Waals surface area contributed by atoms with Gasteiger partial charge in [0.25, 0.3) is 0 Å². The Hall–Kier alpha value is -2.15. The minimum atomic E-state index is 0.0678. The van der Waals surface area contributed by atoms with Gasteiger partial charge in [-0.1, -0.05) is 37.8 Å². The first kappa shape index (κ1) is 17.2. The molecule has 0 bridgehead atoms. The second-order valence-electron chi connectivity index (χ2n) is 5.75. The molecule has 0 unspecified atom stereocenters. The molecule has 2 amide bonds. The highest BCUT2D eigenvalue weighted by molar-refractivity contribution is 5.74. The normalized spacial score (nSPS) is 17.7. The van der Waals surface area contributed by atoms with Crippen LogP contribution in [0.4, 0.5) is 4.79 Å². The van der Waals surface area contributed by atoms with Gasteiger partial charge in [0.15, 0.2) is 0 Å². The Bertz CT molecular complexity index is 555. The molecular weight excluding hydrogens is 286 g/mol. The third kappa shape index (κ3) is 5.21. The Kier molecular flexibility index (Phi) is 6.80. The van der Waals surface area contributed by atoms with Gasteiger partial charge in [-0.15, -0.1) is 0 Å². The average molecular weight is 313 g/mol. The number of carbonyl (C=O) groups excluding carboxylic acids is 1. The van der Waals surface area contributed by atoms with Gasteiger partial charge in [0.2, 0.25) is 0 Å². The molecule has 23 heavy (non-hydrogen) atoms. The van der Waals surface area contributed by atoms with E-state index in [4.69, 9.17) is 0 Å². The lowest BCUT2D eigenvalue weighted by Crippen LogP contribution is -2.51. The van der Waals surface area contributed by atoms with E-state index in [-0.39, 0.29) is 6.03 Å². The van der Waals surface area contributed by atoms with Crippen molar-refractivity contribution < 1.29 is 4.79 Å². The number of urea groups is 1. The molecule has 0 aromatic rings. The summed E-state index contributed by atoms with van der Waals surface area (Å²) in [5, 5.41) is 2.95. The smallest absolute Gasteiger partial charge is 0.317 e. The number of nitrogens with zero attached hydrogens (tertiary/aromatic N) is 2. The summed E-state index contributed by atoms with van der Waals surface area (Å²) >= 11 is 0. The van der Waals surface area contributed by atoms with E-state index in [2.05, 4.69) is 60.2 Å². The van der Waals surface area contributed by atoms with Crippen LogP contribution in [-0.2, 0) is 0 Å². The van der Waals surface area contributed by atoms with Crippen molar-refractivity contribution in [3.05, 3.63) is 35.6 Å². The number of piperazine rings is 1. The Morgan fingerprint density at radius 1 is 1.22 bits per heavy atom. The van der Waals surface area contributed by atoms with Crippen LogP contribution in [0, 0.1) is 11.8 Å². The zero-order valence-corrected chi connectivity index (χ0v) is 14.3. The van der Waals surface area contributed by atoms with E-state index in [0.717, 1.165) is 57.6 Å². The Morgan fingerprint density at radius 3 is 2.70 bits per heavy atom. The minimum absolute atomic E-state index is 0.0678. The van der Waals surface area contributed by atoms with Crippen LogP contribution in [0.25, 0.3) is 0 Å². The van der Waals surface area contributed by atoms with Crippen LogP contribution in [-0.4, -0.2) is 48.6 Å². The molecule has 1 aliphatic carbocycles. The van der Waals surface area contributed by atoms with Crippen molar-refractivity contribution in [3.8, 4) is 11.8 Å². The predicted molar refractivity (Wildman–Crippen MR) is 94.8 cm³/mol. The summed E-state index contributed by atoms with van der Waals surface area (Å²) in [6.07, 6.45) is 11.3. The quantitative estimate of drug-likeness (QED) is 0.813. The van der Waals surface area contributed by atoms with Gasteiger partial charge < -0.3 is 15.1 Å². The van der Waals surface area contributed by atoms with Crippen molar-refractivity contribution >= 4 is 6.03 Å². The van der Waals surface area contributed by atoms with Crippen LogP contribution < -0.4 is 5.32 Å². The van der Waals surface area contributed by atoms with Crippen LogP contribution in [0.3, 0.4) is 0 Å². The standard InChI is InChI=1S/C19H27N3O/c1-3-5-7-17-8-6-9-18(11-10-17)21-13-15-22(16-14-21)19(23)20-12-4-2/h6,8,10-11H,3-4,9,12-16H2,1-2H3,(H,20,23). The summed E-state index contributed by atoms with van der Waals surface area (Å²) in [6.45, 7) is 8.22. The third-order valence-electron chi connectivity index (χ3n) is 3.99. The predicted octanol–water partition coefficient (Wildman–Crippen LogP) is 2.91. The highest BCUT2D eigenvalue weighted by atomic mass is 16.2. The molecule has 2 aliphatic rings. The van der Waals surface area contributed by atoms with Gasteiger partial charge in [-0.3, -0.25) is 0 Å². The molecule has 0 atom stereocenters. The van der Waals surface area contributed by atoms with Crippen molar-refractivity contribution in [3.63, 3.8) is 0 Å². The molecule has 1 fully saturated rings. The third-order valence-corrected chi connectivity index (χ3v) is 3.99. The van der Waals surface area contributed by atoms with Crippen LogP contribution in [0.2, 0.25) is 0 Å². The summed E-state index contributed by atoms with van der Waals surface area (Å²) in [5.41, 5.74) is 2.38. The summed E-state index contributed by atoms with van der Waals surface area (Å²) in [7, 11) is 0. The van der Waals surface area contributed by atoms with E-state index in [1.807, 2.05) is 4.90 Å². The maximum atomic E-state index is 12.0. The molecule has 0 radical (unpaired) electrons. The lowest BCUT2D eigenvalue weighted by atomic mass is 10.2. The first-order chi connectivity index (χ1) is 11.2. The highest BCUT2D eigenvalue weighted by Gasteiger charge is 2.21. The number of hydrogen-bond donors (Lipinski definition) is 1. The number of rotatable bonds is 3. The molecule has 0 saturated carbocycles. The summed E-state index contributed by atoms with van der Waals surface area (Å²) in [6, 6.07) is 0.0678. The molecule has 1 N–H and O–H groups in total. The van der Waals surface area contributed by atoms with Crippen molar-refractivity contribution in [1.82, 2.24) is 15.1 Å². The summed E-state index contributed by atoms with van der Waals surface area (Å²) < 4.78 is 0. The zero-order valence-electron chi connectivity index (χ0n) is 14.3. The minimum Gasteiger partial charge on any atom is -0.371 e. The van der Waals surface area contributed by atoms with Crippen molar-refractivity contribution in [2.45, 2.75) is 33.1 Å². The number of hydrogen-bond acceptors (Lipinski definition) is 2. The fourth-order valence-electron chi connectivity index (χ4n) is 2.66. The molecular formula is C19H27N3O. The number of allylic oxidation sites excluding steroid dienone is 5. The Balaban J connectivity index is 1.90. The first-order valence-electron chi connectivity index (χ1n) is 8.58. The van der Waals surface area contributed by atoms with Crippen LogP contribution in [0.1, 0.15) is 33.1 Å². The van der Waals surface area contributed by atoms with Gasteiger partial charge in [0, 0.05) is 56.8 Å². The van der Waals surface area contributed by atoms with E-state index >= 15 is 0 Å². The number of carbonyl (C=O) groups is 1. The number of nitrogens with one attached hydrogen (secondary N) is 1. The fourth-order valence-corrected chi connectivity index (χ4v) is 2.66. The molecule has 2 rings (SSSR count). The molecule has 0 spiro atoms. The van der Waals surface area contributed by atoms with E-state index in [0.29, 0.717) is 0 Å². The summed E-state index contributed by atoms with van der Waals surface area (Å²) in [5.74, 6) is 6.29. The topological polar surface area (TPSA) is 35.6 Å². The van der Waals surface area contributed by atoms with Crippen LogP contribution in [0.15, 0.2) is 35.6 Å². The largest absolute Gasteiger partial charge is 0.371 e. The lowest BCUT2D eigenvalue weighted by molar-refractivity contribution is 0.156. The molecule has 1 aliphatic heterocycles. The van der Waals surface area contributed by atoms with Gasteiger partial charge in [-0.05, 0) is 18.6 Å². The molecule has 1 saturated heterocycles. The Labute approximate surface area is 139 Å². The average Bonchev–Trinajstić information content (AvgIpc) is 2.83. The second-order valence-corrected chi connectivity index (χ2v) is 5.75. The van der Waals surface area contributed by atoms with Crippen molar-refractivity contribution in [1.29, 1.82) is 0 Å². The SMILES string of the molecule is CCC#CC1=CC=C(N2CCN(C(=O)NCCC)CC2)CC=C1. The van der Waals surface area contributed by atoms with Crippen molar-refractivity contribution in [2.24, 2.45) is 0 Å². The molecule has 0 aromatic heterocycles. The number of amides is 2. The van der Waals surface area contributed by atoms with E-state index in [9.17, 15) is 4.79 Å². The van der Waals surface area contributed by atoms with Crippen molar-refractivity contribution in [2.75, 3.05) is 32.7 Å². The Morgan fingerprint density at radius 2 is 2.00 bits per heavy atom. The molecule has 1 heterocycles.